The summed E-state index contributed by atoms with van der Waals surface area (Å²) < 4.78 is 1.54. The first-order valence-electron chi connectivity index (χ1n) is 8.64. The molecule has 25 heavy (non-hydrogen) atoms. The Morgan fingerprint density at radius 2 is 2.00 bits per heavy atom. The van der Waals surface area contributed by atoms with Crippen molar-refractivity contribution in [1.82, 2.24) is 15.1 Å². The molecule has 1 aliphatic rings. The third-order valence-electron chi connectivity index (χ3n) is 4.83. The van der Waals surface area contributed by atoms with Crippen LogP contribution in [0.15, 0.2) is 35.1 Å². The summed E-state index contributed by atoms with van der Waals surface area (Å²) in [6, 6.07) is 8.73. The number of amides is 1. The largest absolute Gasteiger partial charge is 0.348 e. The predicted octanol–water partition coefficient (Wildman–Crippen LogP) is 3.50. The van der Waals surface area contributed by atoms with Crippen molar-refractivity contribution in [2.24, 2.45) is 5.92 Å². The third-order valence-corrected chi connectivity index (χ3v) is 5.15. The van der Waals surface area contributed by atoms with Crippen LogP contribution >= 0.6 is 11.6 Å². The first kappa shape index (κ1) is 17.7. The van der Waals surface area contributed by atoms with E-state index in [9.17, 15) is 9.59 Å². The number of halogens is 1. The van der Waals surface area contributed by atoms with Crippen LogP contribution in [0.1, 0.15) is 48.8 Å². The Labute approximate surface area is 152 Å². The fraction of sp³-hybridized carbons (Fsp3) is 0.421. The van der Waals surface area contributed by atoms with Crippen LogP contribution in [0.4, 0.5) is 0 Å². The number of aryl methyl sites for hydroxylation is 1. The molecule has 1 N–H and O–H groups in total. The first-order chi connectivity index (χ1) is 12.0. The highest BCUT2D eigenvalue weighted by molar-refractivity contribution is 6.32. The molecule has 1 aromatic heterocycles. The quantitative estimate of drug-likeness (QED) is 0.912. The number of hydrogen-bond donors (Lipinski definition) is 1. The molecule has 0 bridgehead atoms. The van der Waals surface area contributed by atoms with Crippen molar-refractivity contribution in [1.29, 1.82) is 0 Å². The maximum Gasteiger partial charge on any atom is 0.276 e. The van der Waals surface area contributed by atoms with Gasteiger partial charge in [0.2, 0.25) is 5.43 Å². The number of hydrogen-bond acceptors (Lipinski definition) is 3. The van der Waals surface area contributed by atoms with Gasteiger partial charge in [0.15, 0.2) is 5.69 Å². The van der Waals surface area contributed by atoms with Crippen LogP contribution in [-0.4, -0.2) is 21.7 Å². The van der Waals surface area contributed by atoms with Crippen molar-refractivity contribution < 1.29 is 4.79 Å². The average Bonchev–Trinajstić information content (AvgIpc) is 2.58. The average molecular weight is 360 g/mol. The summed E-state index contributed by atoms with van der Waals surface area (Å²) >= 11 is 6.24. The van der Waals surface area contributed by atoms with Crippen molar-refractivity contribution in [2.75, 3.05) is 0 Å². The monoisotopic (exact) mass is 359 g/mol. The summed E-state index contributed by atoms with van der Waals surface area (Å²) in [6.07, 6.45) is 4.32. The Balaban J connectivity index is 1.94. The number of rotatable bonds is 3. The summed E-state index contributed by atoms with van der Waals surface area (Å²) in [5.74, 6) is -0.00139. The van der Waals surface area contributed by atoms with Gasteiger partial charge in [-0.3, -0.25) is 9.59 Å². The third kappa shape index (κ3) is 3.76. The molecule has 1 aromatic carbocycles. The number of carbonyl (C=O) groups is 1. The Morgan fingerprint density at radius 3 is 2.72 bits per heavy atom. The Hall–Kier alpha value is -2.14. The van der Waals surface area contributed by atoms with Crippen LogP contribution < -0.4 is 10.7 Å². The molecular weight excluding hydrogens is 338 g/mol. The first-order valence-corrected chi connectivity index (χ1v) is 9.02. The molecule has 132 valence electrons. The molecule has 5 nitrogen and oxygen atoms in total. The van der Waals surface area contributed by atoms with Gasteiger partial charge in [0.1, 0.15) is 0 Å². The van der Waals surface area contributed by atoms with Gasteiger partial charge in [-0.1, -0.05) is 43.5 Å². The zero-order chi connectivity index (χ0) is 18.0. The molecule has 0 unspecified atom stereocenters. The smallest absolute Gasteiger partial charge is 0.276 e. The van der Waals surface area contributed by atoms with Crippen molar-refractivity contribution in [2.45, 2.75) is 45.6 Å². The molecule has 0 radical (unpaired) electrons. The lowest BCUT2D eigenvalue weighted by Crippen LogP contribution is -2.43. The fourth-order valence-corrected chi connectivity index (χ4v) is 3.56. The molecule has 2 aromatic rings. The van der Waals surface area contributed by atoms with Gasteiger partial charge < -0.3 is 5.32 Å². The van der Waals surface area contributed by atoms with Gasteiger partial charge >= 0.3 is 0 Å². The second kappa shape index (κ2) is 7.40. The lowest BCUT2D eigenvalue weighted by atomic mass is 9.86. The molecule has 2 atom stereocenters. The second-order valence-corrected chi connectivity index (χ2v) is 7.11. The molecule has 0 saturated heterocycles. The molecule has 1 aliphatic carbocycles. The maximum absolute atomic E-state index is 12.6. The molecule has 1 heterocycles. The number of nitrogens with zero attached hydrogens (tertiary/aromatic N) is 2. The highest BCUT2D eigenvalue weighted by Gasteiger charge is 2.25. The molecule has 3 rings (SSSR count). The number of carbonyl (C=O) groups excluding carboxylic acids is 1. The van der Waals surface area contributed by atoms with Crippen LogP contribution in [0.5, 0.6) is 0 Å². The number of benzene rings is 1. The molecule has 0 spiro atoms. The number of aromatic nitrogens is 2. The molecule has 1 fully saturated rings. The van der Waals surface area contributed by atoms with E-state index in [2.05, 4.69) is 17.3 Å². The van der Waals surface area contributed by atoms with Gasteiger partial charge in [-0.2, -0.15) is 5.10 Å². The Bertz CT molecular complexity index is 847. The summed E-state index contributed by atoms with van der Waals surface area (Å²) in [5, 5.41) is 7.80. The minimum Gasteiger partial charge on any atom is -0.348 e. The Morgan fingerprint density at radius 1 is 1.28 bits per heavy atom. The van der Waals surface area contributed by atoms with Gasteiger partial charge in [0.25, 0.3) is 5.91 Å². The lowest BCUT2D eigenvalue weighted by molar-refractivity contribution is 0.0902. The van der Waals surface area contributed by atoms with E-state index in [1.807, 2.05) is 12.1 Å². The van der Waals surface area contributed by atoms with E-state index in [1.54, 1.807) is 23.7 Å². The van der Waals surface area contributed by atoms with Gasteiger partial charge in [-0.15, -0.1) is 0 Å². The van der Waals surface area contributed by atoms with E-state index >= 15 is 0 Å². The zero-order valence-electron chi connectivity index (χ0n) is 14.5. The van der Waals surface area contributed by atoms with Crippen molar-refractivity contribution >= 4 is 17.5 Å². The van der Waals surface area contributed by atoms with Crippen LogP contribution in [-0.2, 0) is 0 Å². The van der Waals surface area contributed by atoms with Crippen molar-refractivity contribution in [3.63, 3.8) is 0 Å². The van der Waals surface area contributed by atoms with E-state index in [0.29, 0.717) is 22.3 Å². The summed E-state index contributed by atoms with van der Waals surface area (Å²) in [5.41, 5.74) is 0.799. The van der Waals surface area contributed by atoms with E-state index in [-0.39, 0.29) is 17.2 Å². The maximum atomic E-state index is 12.6. The standard InChI is InChI=1S/C19H22ClN3O2/c1-12-7-3-5-9-15(12)21-19(25)18-17(24)11-13(2)23(22-18)16-10-6-4-8-14(16)20/h4,6,8,10-12,15H,3,5,7,9H2,1-2H3,(H,21,25)/t12-,15-/m0/s1. The number of nitrogens with one attached hydrogen (secondary N) is 1. The minimum atomic E-state index is -0.412. The van der Waals surface area contributed by atoms with Crippen LogP contribution in [0.2, 0.25) is 5.02 Å². The van der Waals surface area contributed by atoms with Crippen molar-refractivity contribution in [3.8, 4) is 5.69 Å². The van der Waals surface area contributed by atoms with Crippen LogP contribution in [0.3, 0.4) is 0 Å². The topological polar surface area (TPSA) is 64.0 Å². The predicted molar refractivity (Wildman–Crippen MR) is 98.5 cm³/mol. The second-order valence-electron chi connectivity index (χ2n) is 6.70. The molecule has 1 amide bonds. The van der Waals surface area contributed by atoms with Gasteiger partial charge in [-0.05, 0) is 37.8 Å². The lowest BCUT2D eigenvalue weighted by Gasteiger charge is -2.29. The Kier molecular flexibility index (Phi) is 5.23. The molecule has 0 aliphatic heterocycles. The zero-order valence-corrected chi connectivity index (χ0v) is 15.2. The minimum absolute atomic E-state index is 0.0942. The highest BCUT2D eigenvalue weighted by atomic mass is 35.5. The summed E-state index contributed by atoms with van der Waals surface area (Å²) in [7, 11) is 0. The normalized spacial score (nSPS) is 20.3. The number of para-hydroxylation sites is 1. The van der Waals surface area contributed by atoms with Gasteiger partial charge in [0.05, 0.1) is 10.7 Å². The summed E-state index contributed by atoms with van der Waals surface area (Å²) in [4.78, 5) is 24.9. The summed E-state index contributed by atoms with van der Waals surface area (Å²) in [6.45, 7) is 3.90. The molecule has 6 heteroatoms. The fourth-order valence-electron chi connectivity index (χ4n) is 3.34. The van der Waals surface area contributed by atoms with E-state index < -0.39 is 5.91 Å². The SMILES string of the molecule is Cc1cc(=O)c(C(=O)N[C@H]2CCCC[C@@H]2C)nn1-c1ccccc1Cl. The van der Waals surface area contributed by atoms with E-state index in [4.69, 9.17) is 11.6 Å². The van der Waals surface area contributed by atoms with Crippen molar-refractivity contribution in [3.05, 3.63) is 57.0 Å². The van der Waals surface area contributed by atoms with E-state index in [1.165, 1.54) is 12.5 Å². The van der Waals surface area contributed by atoms with Gasteiger partial charge in [0, 0.05) is 17.8 Å². The molecule has 1 saturated carbocycles. The van der Waals surface area contributed by atoms with Crippen LogP contribution in [0, 0.1) is 12.8 Å². The highest BCUT2D eigenvalue weighted by Crippen LogP contribution is 2.24. The van der Waals surface area contributed by atoms with Crippen LogP contribution in [0.25, 0.3) is 5.69 Å². The van der Waals surface area contributed by atoms with E-state index in [0.717, 1.165) is 19.3 Å². The van der Waals surface area contributed by atoms with Gasteiger partial charge in [-0.25, -0.2) is 4.68 Å². The molecular formula is C19H22ClN3O2.